The second kappa shape index (κ2) is 6.35. The molecule has 0 saturated heterocycles. The van der Waals surface area contributed by atoms with Crippen LogP contribution in [0.3, 0.4) is 0 Å². The van der Waals surface area contributed by atoms with Gasteiger partial charge in [0, 0.05) is 10.8 Å². The second-order valence-corrected chi connectivity index (χ2v) is 7.46. The van der Waals surface area contributed by atoms with Gasteiger partial charge in [-0.05, 0) is 62.8 Å². The molecule has 0 aliphatic carbocycles. The number of furan rings is 1. The van der Waals surface area contributed by atoms with Crippen molar-refractivity contribution >= 4 is 55.4 Å². The van der Waals surface area contributed by atoms with Gasteiger partial charge in [-0.3, -0.25) is 0 Å². The summed E-state index contributed by atoms with van der Waals surface area (Å²) >= 11 is 0. The Bertz CT molecular complexity index is 1530. The smallest absolute Gasteiger partial charge is 0.142 e. The van der Waals surface area contributed by atoms with Crippen molar-refractivity contribution in [3.63, 3.8) is 0 Å². The van der Waals surface area contributed by atoms with Gasteiger partial charge in [-0.25, -0.2) is 0 Å². The van der Waals surface area contributed by atoms with Crippen LogP contribution in [0.1, 0.15) is 11.3 Å². The van der Waals surface area contributed by atoms with Crippen LogP contribution in [-0.2, 0) is 0 Å². The van der Waals surface area contributed by atoms with Gasteiger partial charge in [0.15, 0.2) is 0 Å². The summed E-state index contributed by atoms with van der Waals surface area (Å²) in [5, 5.41) is 8.57. The molecule has 29 heavy (non-hydrogen) atoms. The molecule has 1 nitrogen and oxygen atoms in total. The van der Waals surface area contributed by atoms with Crippen LogP contribution in [0.5, 0.6) is 0 Å². The molecule has 0 unspecified atom stereocenters. The van der Waals surface area contributed by atoms with Gasteiger partial charge in [0.25, 0.3) is 0 Å². The Morgan fingerprint density at radius 2 is 1.21 bits per heavy atom. The van der Waals surface area contributed by atoms with Gasteiger partial charge >= 0.3 is 0 Å². The summed E-state index contributed by atoms with van der Waals surface area (Å²) < 4.78 is 6.25. The Morgan fingerprint density at radius 3 is 2.07 bits per heavy atom. The molecule has 0 atom stereocenters. The lowest BCUT2D eigenvalue weighted by Gasteiger charge is -2.07. The van der Waals surface area contributed by atoms with E-state index in [2.05, 4.69) is 84.9 Å². The molecule has 0 radical (unpaired) electrons. The topological polar surface area (TPSA) is 13.1 Å². The first-order valence-corrected chi connectivity index (χ1v) is 9.86. The fourth-order valence-electron chi connectivity index (χ4n) is 4.17. The van der Waals surface area contributed by atoms with E-state index in [0.29, 0.717) is 0 Å². The fraction of sp³-hybridized carbons (Fsp3) is 0. The lowest BCUT2D eigenvalue weighted by Crippen LogP contribution is -1.80. The minimum atomic E-state index is 0.870. The van der Waals surface area contributed by atoms with Gasteiger partial charge < -0.3 is 4.42 Å². The SMILES string of the molecule is C(=Cc1cc2ccc3c4cc5ccccc5cc4ccc3c2o1)c1ccccc1. The maximum atomic E-state index is 6.25. The van der Waals surface area contributed by atoms with E-state index in [1.54, 1.807) is 0 Å². The van der Waals surface area contributed by atoms with Crippen LogP contribution < -0.4 is 0 Å². The Balaban J connectivity index is 1.55. The number of hydrogen-bond acceptors (Lipinski definition) is 1. The van der Waals surface area contributed by atoms with Crippen molar-refractivity contribution < 1.29 is 4.42 Å². The molecular formula is C28H18O. The van der Waals surface area contributed by atoms with Gasteiger partial charge in [-0.15, -0.1) is 0 Å². The zero-order valence-corrected chi connectivity index (χ0v) is 15.8. The molecule has 6 aromatic rings. The summed E-state index contributed by atoms with van der Waals surface area (Å²) in [6.45, 7) is 0. The molecule has 1 aromatic heterocycles. The lowest BCUT2D eigenvalue weighted by atomic mass is 9.97. The second-order valence-electron chi connectivity index (χ2n) is 7.46. The van der Waals surface area contributed by atoms with Crippen molar-refractivity contribution in [3.8, 4) is 0 Å². The highest BCUT2D eigenvalue weighted by atomic mass is 16.3. The van der Waals surface area contributed by atoms with Gasteiger partial charge in [0.1, 0.15) is 11.3 Å². The fourth-order valence-corrected chi connectivity index (χ4v) is 4.17. The Kier molecular flexibility index (Phi) is 3.54. The van der Waals surface area contributed by atoms with Gasteiger partial charge in [-0.1, -0.05) is 78.9 Å². The Morgan fingerprint density at radius 1 is 0.483 bits per heavy atom. The van der Waals surface area contributed by atoms with E-state index < -0.39 is 0 Å². The van der Waals surface area contributed by atoms with E-state index in [1.165, 1.54) is 26.9 Å². The van der Waals surface area contributed by atoms with Gasteiger partial charge in [0.2, 0.25) is 0 Å². The quantitative estimate of drug-likeness (QED) is 0.222. The summed E-state index contributed by atoms with van der Waals surface area (Å²) in [6, 6.07) is 34.2. The predicted octanol–water partition coefficient (Wildman–Crippen LogP) is 8.06. The molecule has 0 amide bonds. The van der Waals surface area contributed by atoms with Crippen molar-refractivity contribution in [2.45, 2.75) is 0 Å². The lowest BCUT2D eigenvalue weighted by molar-refractivity contribution is 0.608. The van der Waals surface area contributed by atoms with Crippen LogP contribution in [0.25, 0.3) is 55.4 Å². The molecule has 0 spiro atoms. The van der Waals surface area contributed by atoms with E-state index >= 15 is 0 Å². The standard InChI is InChI=1S/C28H18O/c1-2-6-19(7-3-1)10-13-24-17-23-12-14-25-26(28(23)29-24)15-11-22-16-20-8-4-5-9-21(20)18-27(22)25/h1-18H. The first-order chi connectivity index (χ1) is 14.3. The van der Waals surface area contributed by atoms with Gasteiger partial charge in [-0.2, -0.15) is 0 Å². The predicted molar refractivity (Wildman–Crippen MR) is 124 cm³/mol. The molecule has 0 aliphatic rings. The zero-order valence-electron chi connectivity index (χ0n) is 15.8. The minimum absolute atomic E-state index is 0.870. The summed E-state index contributed by atoms with van der Waals surface area (Å²) in [5.41, 5.74) is 2.11. The molecule has 136 valence electrons. The molecule has 0 aliphatic heterocycles. The average molecular weight is 370 g/mol. The number of hydrogen-bond donors (Lipinski definition) is 0. The van der Waals surface area contributed by atoms with Crippen LogP contribution in [0, 0.1) is 0 Å². The van der Waals surface area contributed by atoms with Gasteiger partial charge in [0.05, 0.1) is 0 Å². The third-order valence-electron chi connectivity index (χ3n) is 5.62. The highest BCUT2D eigenvalue weighted by Crippen LogP contribution is 2.35. The number of benzene rings is 5. The van der Waals surface area contributed by atoms with Crippen LogP contribution in [-0.4, -0.2) is 0 Å². The molecule has 6 rings (SSSR count). The molecule has 5 aromatic carbocycles. The Labute approximate surface area is 168 Å². The zero-order chi connectivity index (χ0) is 19.2. The maximum absolute atomic E-state index is 6.25. The first-order valence-electron chi connectivity index (χ1n) is 9.86. The summed E-state index contributed by atoms with van der Waals surface area (Å²) in [6.07, 6.45) is 4.12. The number of fused-ring (bicyclic) bond motifs is 6. The normalized spacial score (nSPS) is 12.0. The van der Waals surface area contributed by atoms with Crippen molar-refractivity contribution in [3.05, 3.63) is 108 Å². The molecule has 0 fully saturated rings. The van der Waals surface area contributed by atoms with Crippen molar-refractivity contribution in [2.24, 2.45) is 0 Å². The van der Waals surface area contributed by atoms with Crippen molar-refractivity contribution in [1.82, 2.24) is 0 Å². The summed E-state index contributed by atoms with van der Waals surface area (Å²) in [7, 11) is 0. The van der Waals surface area contributed by atoms with Crippen molar-refractivity contribution in [1.29, 1.82) is 0 Å². The highest BCUT2D eigenvalue weighted by molar-refractivity contribution is 6.18. The Hall–Kier alpha value is -3.84. The molecule has 1 heterocycles. The van der Waals surface area contributed by atoms with E-state index in [9.17, 15) is 0 Å². The van der Waals surface area contributed by atoms with E-state index in [-0.39, 0.29) is 0 Å². The molecule has 0 saturated carbocycles. The van der Waals surface area contributed by atoms with E-state index in [1.807, 2.05) is 24.3 Å². The minimum Gasteiger partial charge on any atom is -0.456 e. The molecule has 0 bridgehead atoms. The van der Waals surface area contributed by atoms with E-state index in [4.69, 9.17) is 4.42 Å². The molecule has 1 heteroatoms. The maximum Gasteiger partial charge on any atom is 0.142 e. The van der Waals surface area contributed by atoms with Crippen LogP contribution in [0.2, 0.25) is 0 Å². The number of rotatable bonds is 2. The first kappa shape index (κ1) is 16.1. The summed E-state index contributed by atoms with van der Waals surface area (Å²) in [5.74, 6) is 0.870. The molecular weight excluding hydrogens is 352 g/mol. The van der Waals surface area contributed by atoms with E-state index in [0.717, 1.165) is 27.7 Å². The van der Waals surface area contributed by atoms with Crippen LogP contribution >= 0.6 is 0 Å². The monoisotopic (exact) mass is 370 g/mol. The largest absolute Gasteiger partial charge is 0.456 e. The van der Waals surface area contributed by atoms with Crippen molar-refractivity contribution in [2.75, 3.05) is 0 Å². The highest BCUT2D eigenvalue weighted by Gasteiger charge is 2.09. The van der Waals surface area contributed by atoms with Crippen LogP contribution in [0.15, 0.2) is 101 Å². The molecule has 0 N–H and O–H groups in total. The third kappa shape index (κ3) is 2.71. The van der Waals surface area contributed by atoms with Crippen LogP contribution in [0.4, 0.5) is 0 Å². The average Bonchev–Trinajstić information content (AvgIpc) is 3.20. The third-order valence-corrected chi connectivity index (χ3v) is 5.62. The summed E-state index contributed by atoms with van der Waals surface area (Å²) in [4.78, 5) is 0.